The van der Waals surface area contributed by atoms with Crippen LogP contribution in [0.15, 0.2) is 54.6 Å². The van der Waals surface area contributed by atoms with Crippen LogP contribution in [-0.2, 0) is 11.2 Å². The van der Waals surface area contributed by atoms with E-state index in [4.69, 9.17) is 0 Å². The molecule has 2 aromatic rings. The van der Waals surface area contributed by atoms with Gasteiger partial charge in [-0.15, -0.1) is 0 Å². The Balaban J connectivity index is 1.65. The number of β-amino-alcohol motifs (C(OH)–C–C–N with tert-alkyl or cyclic N) is 1. The fourth-order valence-electron chi connectivity index (χ4n) is 2.91. The van der Waals surface area contributed by atoms with Gasteiger partial charge in [-0.05, 0) is 29.5 Å². The highest BCUT2D eigenvalue weighted by atomic mass is 16.3. The van der Waals surface area contributed by atoms with Gasteiger partial charge in [-0.25, -0.2) is 0 Å². The second-order valence-corrected chi connectivity index (χ2v) is 5.88. The molecule has 0 aliphatic carbocycles. The first-order valence-electron chi connectivity index (χ1n) is 7.82. The van der Waals surface area contributed by atoms with Crippen LogP contribution >= 0.6 is 0 Å². The van der Waals surface area contributed by atoms with Crippen molar-refractivity contribution in [2.24, 2.45) is 0 Å². The van der Waals surface area contributed by atoms with Crippen molar-refractivity contribution in [1.29, 1.82) is 0 Å². The lowest BCUT2D eigenvalue weighted by Gasteiger charge is -2.30. The molecule has 0 spiro atoms. The van der Waals surface area contributed by atoms with E-state index in [2.05, 4.69) is 24.3 Å². The zero-order valence-corrected chi connectivity index (χ0v) is 12.6. The number of carbonyl (C=O) groups is 1. The minimum absolute atomic E-state index is 0.103. The van der Waals surface area contributed by atoms with Crippen molar-refractivity contribution in [3.8, 4) is 11.1 Å². The van der Waals surface area contributed by atoms with Crippen LogP contribution < -0.4 is 0 Å². The second kappa shape index (κ2) is 6.75. The molecule has 0 unspecified atom stereocenters. The molecule has 1 saturated heterocycles. The second-order valence-electron chi connectivity index (χ2n) is 5.88. The molecule has 22 heavy (non-hydrogen) atoms. The smallest absolute Gasteiger partial charge is 0.227 e. The molecular weight excluding hydrogens is 274 g/mol. The lowest BCUT2D eigenvalue weighted by molar-refractivity contribution is -0.133. The summed E-state index contributed by atoms with van der Waals surface area (Å²) in [6.45, 7) is 1.24. The molecule has 3 rings (SSSR count). The maximum absolute atomic E-state index is 12.3. The van der Waals surface area contributed by atoms with E-state index in [-0.39, 0.29) is 12.0 Å². The van der Waals surface area contributed by atoms with Gasteiger partial charge in [-0.1, -0.05) is 54.6 Å². The topological polar surface area (TPSA) is 40.5 Å². The van der Waals surface area contributed by atoms with Crippen LogP contribution in [0.5, 0.6) is 0 Å². The van der Waals surface area contributed by atoms with Crippen molar-refractivity contribution in [3.05, 3.63) is 60.2 Å². The lowest BCUT2D eigenvalue weighted by Crippen LogP contribution is -2.42. The van der Waals surface area contributed by atoms with Gasteiger partial charge in [-0.2, -0.15) is 0 Å². The number of carbonyl (C=O) groups excluding carboxylic acids is 1. The minimum atomic E-state index is -0.363. The van der Waals surface area contributed by atoms with E-state index < -0.39 is 0 Å². The Kier molecular flexibility index (Phi) is 4.54. The third-order valence-corrected chi connectivity index (χ3v) is 4.17. The van der Waals surface area contributed by atoms with Crippen molar-refractivity contribution in [2.45, 2.75) is 25.4 Å². The molecule has 1 heterocycles. The van der Waals surface area contributed by atoms with E-state index in [0.29, 0.717) is 13.0 Å². The van der Waals surface area contributed by atoms with Crippen molar-refractivity contribution >= 4 is 5.91 Å². The van der Waals surface area contributed by atoms with E-state index in [9.17, 15) is 9.90 Å². The lowest BCUT2D eigenvalue weighted by atomic mass is 10.0. The highest BCUT2D eigenvalue weighted by Gasteiger charge is 2.21. The summed E-state index contributed by atoms with van der Waals surface area (Å²) in [7, 11) is 0. The van der Waals surface area contributed by atoms with Crippen LogP contribution in [0.1, 0.15) is 18.4 Å². The molecule has 3 nitrogen and oxygen atoms in total. The van der Waals surface area contributed by atoms with Crippen LogP contribution in [0.2, 0.25) is 0 Å². The van der Waals surface area contributed by atoms with Crippen LogP contribution in [0.3, 0.4) is 0 Å². The van der Waals surface area contributed by atoms with Crippen molar-refractivity contribution in [3.63, 3.8) is 0 Å². The summed E-state index contributed by atoms with van der Waals surface area (Å²) < 4.78 is 0. The molecule has 1 atom stereocenters. The number of aliphatic hydroxyl groups excluding tert-OH is 1. The average molecular weight is 295 g/mol. The molecule has 1 amide bonds. The van der Waals surface area contributed by atoms with Gasteiger partial charge >= 0.3 is 0 Å². The predicted molar refractivity (Wildman–Crippen MR) is 87.4 cm³/mol. The summed E-state index contributed by atoms with van der Waals surface area (Å²) in [5.74, 6) is 0.103. The fourth-order valence-corrected chi connectivity index (χ4v) is 2.91. The fraction of sp³-hybridized carbons (Fsp3) is 0.316. The van der Waals surface area contributed by atoms with Gasteiger partial charge in [0.1, 0.15) is 0 Å². The van der Waals surface area contributed by atoms with Crippen LogP contribution in [0.25, 0.3) is 11.1 Å². The Bertz CT molecular complexity index is 622. The summed E-state index contributed by atoms with van der Waals surface area (Å²) >= 11 is 0. The van der Waals surface area contributed by atoms with Crippen molar-refractivity contribution < 1.29 is 9.90 Å². The normalized spacial score (nSPS) is 18.2. The zero-order chi connectivity index (χ0) is 15.4. The molecule has 3 heteroatoms. The number of aliphatic hydroxyl groups is 1. The highest BCUT2D eigenvalue weighted by Crippen LogP contribution is 2.20. The molecule has 114 valence electrons. The molecule has 1 aliphatic heterocycles. The maximum atomic E-state index is 12.3. The van der Waals surface area contributed by atoms with E-state index in [0.717, 1.165) is 30.5 Å². The monoisotopic (exact) mass is 295 g/mol. The summed E-state index contributed by atoms with van der Waals surface area (Å²) in [6.07, 6.45) is 1.73. The maximum Gasteiger partial charge on any atom is 0.227 e. The van der Waals surface area contributed by atoms with Gasteiger partial charge in [0, 0.05) is 13.1 Å². The Labute approximate surface area is 131 Å². The minimum Gasteiger partial charge on any atom is -0.391 e. The van der Waals surface area contributed by atoms with Crippen LogP contribution in [0, 0.1) is 0 Å². The van der Waals surface area contributed by atoms with Gasteiger partial charge in [0.15, 0.2) is 0 Å². The van der Waals surface area contributed by atoms with Gasteiger partial charge in [0.25, 0.3) is 0 Å². The number of piperidine rings is 1. The summed E-state index contributed by atoms with van der Waals surface area (Å²) in [5, 5.41) is 9.66. The zero-order valence-electron chi connectivity index (χ0n) is 12.6. The number of nitrogens with zero attached hydrogens (tertiary/aromatic N) is 1. The summed E-state index contributed by atoms with van der Waals surface area (Å²) in [6, 6.07) is 18.4. The molecule has 0 radical (unpaired) electrons. The molecule has 1 aliphatic rings. The summed E-state index contributed by atoms with van der Waals surface area (Å²) in [4.78, 5) is 14.1. The third kappa shape index (κ3) is 3.55. The Hall–Kier alpha value is -2.13. The number of hydrogen-bond donors (Lipinski definition) is 1. The predicted octanol–water partition coefficient (Wildman–Crippen LogP) is 2.88. The van der Waals surface area contributed by atoms with E-state index >= 15 is 0 Å². The van der Waals surface area contributed by atoms with E-state index in [1.165, 1.54) is 5.56 Å². The first kappa shape index (κ1) is 14.8. The molecule has 1 N–H and O–H groups in total. The van der Waals surface area contributed by atoms with Crippen molar-refractivity contribution in [2.75, 3.05) is 13.1 Å². The molecule has 1 fully saturated rings. The standard InChI is InChI=1S/C19H21NO2/c21-18-7-4-12-20(14-18)19(22)13-15-8-10-17(11-9-15)16-5-2-1-3-6-16/h1-3,5-6,8-11,18,21H,4,7,12-14H2/t18-/m0/s1. The van der Waals surface area contributed by atoms with Gasteiger partial charge < -0.3 is 10.0 Å². The van der Waals surface area contributed by atoms with Crippen LogP contribution in [0.4, 0.5) is 0 Å². The Morgan fingerprint density at radius 2 is 1.73 bits per heavy atom. The van der Waals surface area contributed by atoms with E-state index in [1.54, 1.807) is 4.90 Å². The number of benzene rings is 2. The van der Waals surface area contributed by atoms with Gasteiger partial charge in [0.2, 0.25) is 5.91 Å². The highest BCUT2D eigenvalue weighted by molar-refractivity contribution is 5.79. The van der Waals surface area contributed by atoms with E-state index in [1.807, 2.05) is 30.3 Å². The quantitative estimate of drug-likeness (QED) is 0.946. The number of hydrogen-bond acceptors (Lipinski definition) is 2. The Morgan fingerprint density at radius 1 is 1.05 bits per heavy atom. The molecule has 0 saturated carbocycles. The number of amides is 1. The van der Waals surface area contributed by atoms with Crippen molar-refractivity contribution in [1.82, 2.24) is 4.90 Å². The number of rotatable bonds is 3. The average Bonchev–Trinajstić information content (AvgIpc) is 2.56. The SMILES string of the molecule is O=C(Cc1ccc(-c2ccccc2)cc1)N1CCC[C@H](O)C1. The Morgan fingerprint density at radius 3 is 2.41 bits per heavy atom. The van der Waals surface area contributed by atoms with Gasteiger partial charge in [0.05, 0.1) is 12.5 Å². The largest absolute Gasteiger partial charge is 0.391 e. The summed E-state index contributed by atoms with van der Waals surface area (Å²) in [5.41, 5.74) is 3.36. The number of likely N-dealkylation sites (tertiary alicyclic amines) is 1. The molecule has 0 aromatic heterocycles. The first-order chi connectivity index (χ1) is 10.7. The van der Waals surface area contributed by atoms with Gasteiger partial charge in [-0.3, -0.25) is 4.79 Å². The molecule has 2 aromatic carbocycles. The van der Waals surface area contributed by atoms with Crippen LogP contribution in [-0.4, -0.2) is 35.1 Å². The molecular formula is C19H21NO2. The molecule has 0 bridgehead atoms. The first-order valence-corrected chi connectivity index (χ1v) is 7.82. The third-order valence-electron chi connectivity index (χ3n) is 4.17.